The van der Waals surface area contributed by atoms with E-state index in [9.17, 15) is 0 Å². The average Bonchev–Trinajstić information content (AvgIpc) is 2.66. The van der Waals surface area contributed by atoms with E-state index in [0.29, 0.717) is 0 Å². The molecule has 0 spiro atoms. The van der Waals surface area contributed by atoms with Gasteiger partial charge in [-0.15, -0.1) is 12.8 Å². The molecule has 0 fully saturated rings. The second-order valence-electron chi connectivity index (χ2n) is 5.91. The molecule has 0 aromatic heterocycles. The first-order valence-corrected chi connectivity index (χ1v) is 12.9. The molecule has 0 aliphatic heterocycles. The lowest BCUT2D eigenvalue weighted by Gasteiger charge is -2.37. The molecule has 5 heteroatoms. The van der Waals surface area contributed by atoms with Gasteiger partial charge in [0.25, 0.3) is 17.0 Å². The van der Waals surface area contributed by atoms with Gasteiger partial charge < -0.3 is 13.5 Å². The van der Waals surface area contributed by atoms with E-state index in [-0.39, 0.29) is 13.2 Å². The zero-order valence-electron chi connectivity index (χ0n) is 14.7. The Morgan fingerprint density at radius 1 is 0.760 bits per heavy atom. The van der Waals surface area contributed by atoms with Crippen molar-refractivity contribution in [1.29, 1.82) is 0 Å². The summed E-state index contributed by atoms with van der Waals surface area (Å²) >= 11 is 0. The van der Waals surface area contributed by atoms with Gasteiger partial charge in [0.1, 0.15) is 0 Å². The summed E-state index contributed by atoms with van der Waals surface area (Å²) in [4.78, 5) is 0. The van der Waals surface area contributed by atoms with Crippen molar-refractivity contribution < 1.29 is 8.85 Å². The zero-order valence-corrected chi connectivity index (χ0v) is 16.7. The quantitative estimate of drug-likeness (QED) is 0.572. The van der Waals surface area contributed by atoms with Crippen LogP contribution >= 0.6 is 0 Å². The maximum Gasteiger partial charge on any atom is 0.295 e. The SMILES string of the molecule is C#CCO[Si](C)(N[Si](C)(OCC#C)c1ccccc1)c1ccccc1. The molecule has 0 amide bonds. The fourth-order valence-electron chi connectivity index (χ4n) is 2.72. The normalized spacial score (nSPS) is 15.4. The molecule has 0 heterocycles. The molecule has 2 aromatic rings. The summed E-state index contributed by atoms with van der Waals surface area (Å²) in [6.45, 7) is 4.71. The number of nitrogens with one attached hydrogen (secondary N) is 1. The van der Waals surface area contributed by atoms with E-state index in [0.717, 1.165) is 10.4 Å². The number of hydrogen-bond donors (Lipinski definition) is 1. The molecular formula is C20H23NO2Si2. The van der Waals surface area contributed by atoms with Crippen LogP contribution in [0.1, 0.15) is 0 Å². The Morgan fingerprint density at radius 2 is 1.12 bits per heavy atom. The number of rotatable bonds is 8. The number of benzene rings is 2. The lowest BCUT2D eigenvalue weighted by atomic mass is 10.4. The third kappa shape index (κ3) is 4.93. The number of hydrogen-bond acceptors (Lipinski definition) is 3. The van der Waals surface area contributed by atoms with Gasteiger partial charge in [0.2, 0.25) is 0 Å². The molecule has 2 rings (SSSR count). The third-order valence-electron chi connectivity index (χ3n) is 4.01. The van der Waals surface area contributed by atoms with Crippen LogP contribution in [0.5, 0.6) is 0 Å². The molecule has 1 N–H and O–H groups in total. The Kier molecular flexibility index (Phi) is 6.77. The van der Waals surface area contributed by atoms with Crippen LogP contribution in [0.25, 0.3) is 0 Å². The van der Waals surface area contributed by atoms with Crippen LogP contribution in [0.15, 0.2) is 60.7 Å². The van der Waals surface area contributed by atoms with Gasteiger partial charge in [-0.3, -0.25) is 0 Å². The van der Waals surface area contributed by atoms with E-state index in [1.165, 1.54) is 0 Å². The van der Waals surface area contributed by atoms with Crippen LogP contribution in [0.3, 0.4) is 0 Å². The second kappa shape index (κ2) is 8.82. The summed E-state index contributed by atoms with van der Waals surface area (Å²) in [5.74, 6) is 5.15. The molecule has 0 bridgehead atoms. The molecule has 3 nitrogen and oxygen atoms in total. The highest BCUT2D eigenvalue weighted by Crippen LogP contribution is 2.10. The number of terminal acetylenes is 2. The largest absolute Gasteiger partial charge is 0.389 e. The third-order valence-corrected chi connectivity index (χ3v) is 12.1. The van der Waals surface area contributed by atoms with Gasteiger partial charge in [-0.2, -0.15) is 0 Å². The molecule has 128 valence electrons. The Morgan fingerprint density at radius 3 is 1.44 bits per heavy atom. The molecule has 2 atom stereocenters. The topological polar surface area (TPSA) is 30.5 Å². The maximum absolute atomic E-state index is 6.16. The van der Waals surface area contributed by atoms with Gasteiger partial charge in [-0.25, -0.2) is 0 Å². The average molecular weight is 366 g/mol. The van der Waals surface area contributed by atoms with Crippen molar-refractivity contribution in [3.05, 3.63) is 60.7 Å². The van der Waals surface area contributed by atoms with Crippen LogP contribution < -0.4 is 15.0 Å². The minimum atomic E-state index is -2.54. The van der Waals surface area contributed by atoms with Crippen molar-refractivity contribution in [3.8, 4) is 24.7 Å². The highest BCUT2D eigenvalue weighted by molar-refractivity contribution is 6.98. The minimum absolute atomic E-state index is 0.249. The monoisotopic (exact) mass is 365 g/mol. The molecule has 0 aliphatic rings. The molecule has 0 saturated carbocycles. The van der Waals surface area contributed by atoms with Crippen molar-refractivity contribution in [2.45, 2.75) is 13.1 Å². The molecule has 2 aromatic carbocycles. The predicted octanol–water partition coefficient (Wildman–Crippen LogP) is 1.83. The van der Waals surface area contributed by atoms with Crippen LogP contribution in [0, 0.1) is 24.7 Å². The first kappa shape index (κ1) is 19.2. The van der Waals surface area contributed by atoms with Crippen LogP contribution in [0.2, 0.25) is 13.1 Å². The van der Waals surface area contributed by atoms with E-state index in [2.05, 4.69) is 53.8 Å². The molecule has 2 unspecified atom stereocenters. The zero-order chi connectivity index (χ0) is 18.2. The molecule has 0 saturated heterocycles. The van der Waals surface area contributed by atoms with Crippen molar-refractivity contribution >= 4 is 27.3 Å². The van der Waals surface area contributed by atoms with E-state index in [1.807, 2.05) is 36.4 Å². The Labute approximate surface area is 152 Å². The maximum atomic E-state index is 6.16. The van der Waals surface area contributed by atoms with Crippen LogP contribution in [-0.4, -0.2) is 30.2 Å². The summed E-state index contributed by atoms with van der Waals surface area (Å²) < 4.78 is 16.1. The smallest absolute Gasteiger partial charge is 0.295 e. The van der Waals surface area contributed by atoms with Crippen molar-refractivity contribution in [3.63, 3.8) is 0 Å². The molecule has 0 aliphatic carbocycles. The minimum Gasteiger partial charge on any atom is -0.389 e. The van der Waals surface area contributed by atoms with Gasteiger partial charge in [0.05, 0.1) is 13.2 Å². The Hall–Kier alpha value is -2.13. The van der Waals surface area contributed by atoms with Gasteiger partial charge in [-0.1, -0.05) is 72.5 Å². The van der Waals surface area contributed by atoms with Gasteiger partial charge in [0, 0.05) is 0 Å². The van der Waals surface area contributed by atoms with Crippen molar-refractivity contribution in [2.24, 2.45) is 0 Å². The summed E-state index contributed by atoms with van der Waals surface area (Å²) in [5.41, 5.74) is 0. The van der Waals surface area contributed by atoms with E-state index < -0.39 is 17.0 Å². The van der Waals surface area contributed by atoms with E-state index in [1.54, 1.807) is 0 Å². The van der Waals surface area contributed by atoms with Crippen molar-refractivity contribution in [1.82, 2.24) is 4.65 Å². The Balaban J connectivity index is 2.42. The lowest BCUT2D eigenvalue weighted by Crippen LogP contribution is -2.74. The fourth-order valence-corrected chi connectivity index (χ4v) is 10.8. The van der Waals surface area contributed by atoms with Gasteiger partial charge in [0.15, 0.2) is 0 Å². The highest BCUT2D eigenvalue weighted by atomic mass is 28.4. The van der Waals surface area contributed by atoms with Gasteiger partial charge >= 0.3 is 0 Å². The molecule has 25 heavy (non-hydrogen) atoms. The van der Waals surface area contributed by atoms with E-state index >= 15 is 0 Å². The standard InChI is InChI=1S/C20H23NO2Si2/c1-5-17-22-24(3,19-13-9-7-10-14-19)21-25(4,23-18-6-2)20-15-11-8-12-16-20/h1-2,7-16,21H,17-18H2,3-4H3. The van der Waals surface area contributed by atoms with Crippen molar-refractivity contribution in [2.75, 3.05) is 13.2 Å². The lowest BCUT2D eigenvalue weighted by molar-refractivity contribution is 0.338. The van der Waals surface area contributed by atoms with Gasteiger partial charge in [-0.05, 0) is 23.5 Å². The predicted molar refractivity (Wildman–Crippen MR) is 108 cm³/mol. The second-order valence-corrected chi connectivity index (χ2v) is 12.8. The molecular weight excluding hydrogens is 342 g/mol. The summed E-state index contributed by atoms with van der Waals surface area (Å²) in [5, 5.41) is 2.23. The first-order chi connectivity index (χ1) is 12.0. The van der Waals surface area contributed by atoms with Crippen LogP contribution in [-0.2, 0) is 8.85 Å². The Bertz CT molecular complexity index is 689. The fraction of sp³-hybridized carbons (Fsp3) is 0.200. The summed E-state index contributed by atoms with van der Waals surface area (Å²) in [6, 6.07) is 20.3. The summed E-state index contributed by atoms with van der Waals surface area (Å²) in [7, 11) is -5.08. The highest BCUT2D eigenvalue weighted by Gasteiger charge is 2.43. The molecule has 0 radical (unpaired) electrons. The first-order valence-electron chi connectivity index (χ1n) is 8.09. The van der Waals surface area contributed by atoms with E-state index in [4.69, 9.17) is 21.7 Å². The summed E-state index contributed by atoms with van der Waals surface area (Å²) in [6.07, 6.45) is 10.9. The van der Waals surface area contributed by atoms with Crippen LogP contribution in [0.4, 0.5) is 0 Å².